The van der Waals surface area contributed by atoms with Gasteiger partial charge >= 0.3 is 29.8 Å². The van der Waals surface area contributed by atoms with E-state index in [1.807, 2.05) is 0 Å². The lowest BCUT2D eigenvalue weighted by Gasteiger charge is -2.44. The maximum absolute atomic E-state index is 14.3. The van der Waals surface area contributed by atoms with Gasteiger partial charge in [-0.3, -0.25) is 24.2 Å². The fourth-order valence-corrected chi connectivity index (χ4v) is 7.02. The van der Waals surface area contributed by atoms with E-state index < -0.39 is 94.9 Å². The number of carbonyl (C=O) groups is 6. The van der Waals surface area contributed by atoms with E-state index >= 15 is 0 Å². The van der Waals surface area contributed by atoms with Crippen molar-refractivity contribution in [2.24, 2.45) is 23.2 Å². The first-order chi connectivity index (χ1) is 24.4. The highest BCUT2D eigenvalue weighted by molar-refractivity contribution is 5.92. The molecule has 2 aliphatic rings. The van der Waals surface area contributed by atoms with Crippen LogP contribution >= 0.6 is 0 Å². The summed E-state index contributed by atoms with van der Waals surface area (Å²) in [5, 5.41) is 12.4. The summed E-state index contributed by atoms with van der Waals surface area (Å²) in [5.41, 5.74) is -3.65. The van der Waals surface area contributed by atoms with Gasteiger partial charge in [0.25, 0.3) is 0 Å². The van der Waals surface area contributed by atoms with Crippen molar-refractivity contribution in [1.82, 2.24) is 4.98 Å². The van der Waals surface area contributed by atoms with E-state index in [0.29, 0.717) is 0 Å². The normalized spacial score (nSPS) is 30.7. The molecule has 0 aliphatic heterocycles. The number of hydrogen-bond donors (Lipinski definition) is 1. The monoisotopic (exact) mass is 719 g/mol. The largest absolute Gasteiger partial charge is 0.462 e. The summed E-state index contributed by atoms with van der Waals surface area (Å²) in [5.74, 6) is -7.99. The van der Waals surface area contributed by atoms with Crippen LogP contribution in [0, 0.1) is 23.2 Å². The van der Waals surface area contributed by atoms with E-state index in [0.717, 1.165) is 20.8 Å². The second-order valence-corrected chi connectivity index (χ2v) is 14.0. The van der Waals surface area contributed by atoms with Crippen molar-refractivity contribution in [3.63, 3.8) is 0 Å². The Labute approximate surface area is 302 Å². The first-order valence-electron chi connectivity index (χ1n) is 16.9. The van der Waals surface area contributed by atoms with Gasteiger partial charge in [0.05, 0.1) is 17.0 Å². The van der Waals surface area contributed by atoms with Crippen LogP contribution in [0.2, 0.25) is 0 Å². The van der Waals surface area contributed by atoms with Crippen LogP contribution in [0.5, 0.6) is 0 Å². The van der Waals surface area contributed by atoms with E-state index in [1.54, 1.807) is 52.0 Å². The fraction of sp³-hybridized carbons (Fsp3) is 0.462. The van der Waals surface area contributed by atoms with Crippen molar-refractivity contribution in [3.05, 3.63) is 90.3 Å². The van der Waals surface area contributed by atoms with Crippen LogP contribution < -0.4 is 0 Å². The minimum absolute atomic E-state index is 0.0576. The van der Waals surface area contributed by atoms with Gasteiger partial charge in [0.15, 0.2) is 24.1 Å². The molecule has 13 heteroatoms. The van der Waals surface area contributed by atoms with Crippen LogP contribution in [-0.2, 0) is 42.9 Å². The summed E-state index contributed by atoms with van der Waals surface area (Å²) in [4.78, 5) is 84.0. The molecule has 2 aliphatic carbocycles. The molecule has 13 nitrogen and oxygen atoms in total. The average molecular weight is 720 g/mol. The number of carbonyl (C=O) groups excluding carboxylic acids is 6. The molecule has 1 fully saturated rings. The molecule has 52 heavy (non-hydrogen) atoms. The molecule has 1 saturated carbocycles. The Balaban J connectivity index is 2.04. The van der Waals surface area contributed by atoms with E-state index in [2.05, 4.69) is 11.6 Å². The molecule has 1 heterocycles. The van der Waals surface area contributed by atoms with Crippen molar-refractivity contribution in [2.45, 2.75) is 91.0 Å². The lowest BCUT2D eigenvalue weighted by molar-refractivity contribution is -0.177. The Morgan fingerprint density at radius 3 is 1.94 bits per heavy atom. The van der Waals surface area contributed by atoms with Gasteiger partial charge in [-0.25, -0.2) is 9.59 Å². The van der Waals surface area contributed by atoms with Crippen molar-refractivity contribution < 1.29 is 57.6 Å². The second-order valence-electron chi connectivity index (χ2n) is 14.0. The molecule has 2 aromatic rings. The minimum atomic E-state index is -2.26. The van der Waals surface area contributed by atoms with Gasteiger partial charge in [0.2, 0.25) is 0 Å². The minimum Gasteiger partial charge on any atom is -0.462 e. The van der Waals surface area contributed by atoms with Gasteiger partial charge in [0.1, 0.15) is 17.8 Å². The molecule has 1 aromatic carbocycles. The highest BCUT2D eigenvalue weighted by Crippen LogP contribution is 2.49. The topological polar surface area (TPSA) is 182 Å². The van der Waals surface area contributed by atoms with Crippen LogP contribution in [0.4, 0.5) is 0 Å². The Morgan fingerprint density at radius 2 is 1.37 bits per heavy atom. The average Bonchev–Trinajstić information content (AvgIpc) is 3.34. The lowest BCUT2D eigenvalue weighted by Crippen LogP contribution is -2.58. The first kappa shape index (κ1) is 39.6. The van der Waals surface area contributed by atoms with Gasteiger partial charge in [0, 0.05) is 50.1 Å². The summed E-state index contributed by atoms with van der Waals surface area (Å²) < 4.78 is 29.6. The van der Waals surface area contributed by atoms with E-state index in [9.17, 15) is 33.9 Å². The Hall–Kier alpha value is -5.17. The first-order valence-corrected chi connectivity index (χ1v) is 16.9. The maximum atomic E-state index is 14.3. The third kappa shape index (κ3) is 8.64. The molecule has 1 aromatic heterocycles. The Kier molecular flexibility index (Phi) is 12.2. The molecule has 0 amide bonds. The molecule has 0 spiro atoms. The molecular formula is C39H45NO12. The number of hydrogen-bond acceptors (Lipinski definition) is 13. The molecule has 0 radical (unpaired) electrons. The number of pyridine rings is 1. The highest BCUT2D eigenvalue weighted by Gasteiger charge is 2.63. The number of Topliss-reactive ketones (excluding diaryl/α,β-unsaturated/α-hetero) is 1. The van der Waals surface area contributed by atoms with Crippen molar-refractivity contribution in [1.29, 1.82) is 0 Å². The number of ketones is 1. The van der Waals surface area contributed by atoms with Gasteiger partial charge in [-0.15, -0.1) is 0 Å². The number of allylic oxidation sites excluding steroid dienone is 1. The quantitative estimate of drug-likeness (QED) is 0.242. The number of benzene rings is 1. The number of rotatable bonds is 7. The second kappa shape index (κ2) is 16.0. The number of aromatic nitrogens is 1. The van der Waals surface area contributed by atoms with E-state index in [1.165, 1.54) is 42.7 Å². The number of fused-ring (bicyclic) bond motifs is 1. The third-order valence-electron chi connectivity index (χ3n) is 9.41. The summed E-state index contributed by atoms with van der Waals surface area (Å²) in [7, 11) is 0. The zero-order valence-electron chi connectivity index (χ0n) is 30.3. The molecule has 0 saturated heterocycles. The Morgan fingerprint density at radius 1 is 0.788 bits per heavy atom. The fourth-order valence-electron chi connectivity index (χ4n) is 7.02. The number of nitrogens with zero attached hydrogens (tertiary/aromatic N) is 1. The van der Waals surface area contributed by atoms with E-state index in [-0.39, 0.29) is 23.1 Å². The van der Waals surface area contributed by atoms with Gasteiger partial charge in [-0.2, -0.15) is 0 Å². The van der Waals surface area contributed by atoms with E-state index in [4.69, 9.17) is 23.7 Å². The van der Waals surface area contributed by atoms with Gasteiger partial charge in [-0.1, -0.05) is 64.6 Å². The van der Waals surface area contributed by atoms with Crippen LogP contribution in [-0.4, -0.2) is 81.8 Å². The van der Waals surface area contributed by atoms with Crippen molar-refractivity contribution in [2.75, 3.05) is 0 Å². The lowest BCUT2D eigenvalue weighted by atomic mass is 9.72. The maximum Gasteiger partial charge on any atom is 0.340 e. The summed E-state index contributed by atoms with van der Waals surface area (Å²) in [6, 6.07) is 10.8. The highest BCUT2D eigenvalue weighted by atomic mass is 16.6. The number of ether oxygens (including phenoxy) is 5. The summed E-state index contributed by atoms with van der Waals surface area (Å²) in [6.07, 6.45) is -2.11. The molecule has 0 unspecified atom stereocenters. The molecule has 4 rings (SSSR count). The van der Waals surface area contributed by atoms with Crippen molar-refractivity contribution in [3.8, 4) is 0 Å². The zero-order valence-corrected chi connectivity index (χ0v) is 30.3. The predicted molar refractivity (Wildman–Crippen MR) is 184 cm³/mol. The number of aliphatic hydroxyl groups is 1. The smallest absolute Gasteiger partial charge is 0.340 e. The van der Waals surface area contributed by atoms with Crippen LogP contribution in [0.25, 0.3) is 0 Å². The van der Waals surface area contributed by atoms with Crippen LogP contribution in [0.15, 0.2) is 79.2 Å². The van der Waals surface area contributed by atoms with Crippen LogP contribution in [0.3, 0.4) is 0 Å². The predicted octanol–water partition coefficient (Wildman–Crippen LogP) is 4.37. The summed E-state index contributed by atoms with van der Waals surface area (Å²) in [6.45, 7) is 14.1. The SMILES string of the molecule is C=C1[C@H](OC(=O)c2ccccc2)[C@@H](OC(C)=O)[C@@H](OC(=O)c2cccnc2)C(C)(C)/C=C/[C@@H](C)C(=O)[C@@]2(O)C[C@H](C)[C@H](OC(C)=O)[C@@H]2[C@H]1OC(C)=O. The molecule has 9 atom stereocenters. The molecule has 0 bridgehead atoms. The number of esters is 5. The molecule has 1 N–H and O–H groups in total. The van der Waals surface area contributed by atoms with Gasteiger partial charge < -0.3 is 28.8 Å². The molecular weight excluding hydrogens is 674 g/mol. The zero-order chi connectivity index (χ0) is 38.5. The van der Waals surface area contributed by atoms with Crippen LogP contribution in [0.1, 0.15) is 75.6 Å². The van der Waals surface area contributed by atoms with Crippen molar-refractivity contribution >= 4 is 35.6 Å². The molecule has 278 valence electrons. The standard InChI is InChI=1S/C39H45NO12/c1-21-16-17-38(7,8)35(52-37(46)28-15-12-18-40-20-28)33(50-26(6)43)32(51-36(45)27-13-10-9-11-14-27)23(3)31(49-25(5)42)29-30(48-24(4)41)22(2)19-39(29,47)34(21)44/h9-18,20-22,29-33,35,47H,3,19H2,1-2,4-8H3/b17-16+/t21-,22+,29-,30+,31+,32+,33-,35-,39-/m1/s1. The summed E-state index contributed by atoms with van der Waals surface area (Å²) >= 11 is 0. The Bertz CT molecular complexity index is 1720. The third-order valence-corrected chi connectivity index (χ3v) is 9.41. The van der Waals surface area contributed by atoms with Gasteiger partial charge in [-0.05, 0) is 36.6 Å².